The van der Waals surface area contributed by atoms with Gasteiger partial charge in [-0.15, -0.1) is 0 Å². The number of hydrogen-bond acceptors (Lipinski definition) is 5. The normalized spacial score (nSPS) is 20.5. The van der Waals surface area contributed by atoms with Gasteiger partial charge in [-0.3, -0.25) is 14.4 Å². The fourth-order valence-electron chi connectivity index (χ4n) is 7.44. The average Bonchev–Trinajstić information content (AvgIpc) is 3.09. The quantitative estimate of drug-likeness (QED) is 0.445. The summed E-state index contributed by atoms with van der Waals surface area (Å²) < 4.78 is 0. The first-order chi connectivity index (χ1) is 22.3. The summed E-state index contributed by atoms with van der Waals surface area (Å²) in [4.78, 5) is 61.6. The Morgan fingerprint density at radius 3 is 2.20 bits per heavy atom. The molecule has 3 saturated heterocycles. The SMILES string of the molecule is O=C(Cc1ccc(Cl)cc1)N[C@@H](CC(=O)N1CCC(N2Cc3ccccc3NC2=O)CC1)C(=O)N1CCC(N2CCCCC2)CC1. The van der Waals surface area contributed by atoms with E-state index in [0.29, 0.717) is 56.6 Å². The number of para-hydroxylation sites is 1. The number of halogens is 1. The summed E-state index contributed by atoms with van der Waals surface area (Å²) in [6.45, 7) is 5.05. The number of fused-ring (bicyclic) bond motifs is 1. The van der Waals surface area contributed by atoms with Crippen molar-refractivity contribution in [3.63, 3.8) is 0 Å². The van der Waals surface area contributed by atoms with Crippen LogP contribution in [-0.2, 0) is 27.3 Å². The molecule has 3 fully saturated rings. The van der Waals surface area contributed by atoms with E-state index in [4.69, 9.17) is 11.6 Å². The van der Waals surface area contributed by atoms with Crippen molar-refractivity contribution in [1.29, 1.82) is 0 Å². The third-order valence-electron chi connectivity index (χ3n) is 10.1. The summed E-state index contributed by atoms with van der Waals surface area (Å²) in [6, 6.07) is 14.3. The van der Waals surface area contributed by atoms with Crippen LogP contribution in [0.1, 0.15) is 62.5 Å². The highest BCUT2D eigenvalue weighted by molar-refractivity contribution is 6.30. The van der Waals surface area contributed by atoms with Gasteiger partial charge >= 0.3 is 6.03 Å². The number of hydrogen-bond donors (Lipinski definition) is 2. The molecule has 0 radical (unpaired) electrons. The first kappa shape index (κ1) is 32.3. The van der Waals surface area contributed by atoms with Crippen molar-refractivity contribution in [2.24, 2.45) is 0 Å². The van der Waals surface area contributed by atoms with E-state index in [1.807, 2.05) is 34.1 Å². The minimum atomic E-state index is -0.930. The van der Waals surface area contributed by atoms with E-state index in [2.05, 4.69) is 15.5 Å². The smallest absolute Gasteiger partial charge is 0.322 e. The lowest BCUT2D eigenvalue weighted by atomic mass is 9.98. The molecule has 4 aliphatic heterocycles. The largest absolute Gasteiger partial charge is 0.343 e. The fraction of sp³-hybridized carbons (Fsp3) is 0.543. The van der Waals surface area contributed by atoms with Crippen LogP contribution in [0, 0.1) is 0 Å². The van der Waals surface area contributed by atoms with Gasteiger partial charge in [-0.05, 0) is 80.9 Å². The number of piperidine rings is 3. The van der Waals surface area contributed by atoms with E-state index in [0.717, 1.165) is 42.7 Å². The maximum Gasteiger partial charge on any atom is 0.322 e. The zero-order valence-corrected chi connectivity index (χ0v) is 27.2. The lowest BCUT2D eigenvalue weighted by Gasteiger charge is -2.41. The zero-order chi connectivity index (χ0) is 32.0. The molecule has 2 aromatic rings. The van der Waals surface area contributed by atoms with Crippen LogP contribution < -0.4 is 10.6 Å². The average molecular weight is 649 g/mol. The van der Waals surface area contributed by atoms with Crippen molar-refractivity contribution in [2.75, 3.05) is 44.6 Å². The van der Waals surface area contributed by atoms with Gasteiger partial charge in [0, 0.05) is 55.5 Å². The Morgan fingerprint density at radius 1 is 0.826 bits per heavy atom. The molecule has 2 aromatic carbocycles. The van der Waals surface area contributed by atoms with Crippen LogP contribution in [-0.4, -0.2) is 101 Å². The van der Waals surface area contributed by atoms with Crippen molar-refractivity contribution >= 4 is 41.0 Å². The van der Waals surface area contributed by atoms with Crippen LogP contribution in [0.3, 0.4) is 0 Å². The van der Waals surface area contributed by atoms with Crippen molar-refractivity contribution < 1.29 is 19.2 Å². The van der Waals surface area contributed by atoms with E-state index < -0.39 is 6.04 Å². The topological polar surface area (TPSA) is 105 Å². The molecule has 0 unspecified atom stereocenters. The van der Waals surface area contributed by atoms with Crippen LogP contribution in [0.15, 0.2) is 48.5 Å². The molecule has 4 aliphatic rings. The fourth-order valence-corrected chi connectivity index (χ4v) is 7.56. The van der Waals surface area contributed by atoms with Gasteiger partial charge in [0.05, 0.1) is 12.8 Å². The van der Waals surface area contributed by atoms with Gasteiger partial charge in [0.15, 0.2) is 0 Å². The summed E-state index contributed by atoms with van der Waals surface area (Å²) in [5.74, 6) is -0.638. The Kier molecular flexibility index (Phi) is 10.4. The lowest BCUT2D eigenvalue weighted by Crippen LogP contribution is -2.55. The number of amides is 5. The van der Waals surface area contributed by atoms with Gasteiger partial charge < -0.3 is 30.2 Å². The van der Waals surface area contributed by atoms with Crippen LogP contribution >= 0.6 is 11.6 Å². The number of nitrogens with one attached hydrogen (secondary N) is 2. The molecule has 5 amide bonds. The molecule has 0 spiro atoms. The standard InChI is InChI=1S/C35H45ClN6O4/c36-27-10-8-25(9-11-27)22-32(43)37-31(34(45)41-20-12-28(13-21-41)39-16-4-1-5-17-39)23-33(44)40-18-14-29(15-19-40)42-24-26-6-2-3-7-30(26)38-35(42)46/h2-3,6-11,28-29,31H,1,4-5,12-24H2,(H,37,43)(H,38,46)/t31-/m0/s1. The predicted molar refractivity (Wildman–Crippen MR) is 177 cm³/mol. The Morgan fingerprint density at radius 2 is 1.48 bits per heavy atom. The lowest BCUT2D eigenvalue weighted by molar-refractivity contribution is -0.142. The van der Waals surface area contributed by atoms with Crippen molar-refractivity contribution in [3.8, 4) is 0 Å². The first-order valence-corrected chi connectivity index (χ1v) is 17.2. The molecule has 0 bridgehead atoms. The summed E-state index contributed by atoms with van der Waals surface area (Å²) in [5.41, 5.74) is 2.71. The third-order valence-corrected chi connectivity index (χ3v) is 10.3. The predicted octanol–water partition coefficient (Wildman–Crippen LogP) is 4.27. The Hall–Kier alpha value is -3.63. The van der Waals surface area contributed by atoms with Gasteiger partial charge in [0.1, 0.15) is 6.04 Å². The highest BCUT2D eigenvalue weighted by atomic mass is 35.5. The molecule has 11 heteroatoms. The molecule has 2 N–H and O–H groups in total. The molecule has 0 aliphatic carbocycles. The van der Waals surface area contributed by atoms with Gasteiger partial charge in [0.25, 0.3) is 0 Å². The Labute approximate surface area is 276 Å². The minimum Gasteiger partial charge on any atom is -0.343 e. The molecule has 6 rings (SSSR count). The van der Waals surface area contributed by atoms with E-state index in [9.17, 15) is 19.2 Å². The van der Waals surface area contributed by atoms with Crippen LogP contribution in [0.25, 0.3) is 0 Å². The zero-order valence-electron chi connectivity index (χ0n) is 26.5. The molecular formula is C35H45ClN6O4. The Bertz CT molecular complexity index is 1400. The molecule has 0 saturated carbocycles. The first-order valence-electron chi connectivity index (χ1n) is 16.8. The number of likely N-dealkylation sites (tertiary alicyclic amines) is 3. The second kappa shape index (κ2) is 14.9. The summed E-state index contributed by atoms with van der Waals surface area (Å²) in [5, 5.41) is 6.49. The van der Waals surface area contributed by atoms with E-state index in [1.165, 1.54) is 19.3 Å². The van der Waals surface area contributed by atoms with Gasteiger partial charge in [-0.25, -0.2) is 4.79 Å². The van der Waals surface area contributed by atoms with Crippen molar-refractivity contribution in [3.05, 3.63) is 64.7 Å². The molecule has 0 aromatic heterocycles. The highest BCUT2D eigenvalue weighted by Gasteiger charge is 2.36. The molecule has 1 atom stereocenters. The highest BCUT2D eigenvalue weighted by Crippen LogP contribution is 2.28. The van der Waals surface area contributed by atoms with Gasteiger partial charge in [0.2, 0.25) is 17.7 Å². The van der Waals surface area contributed by atoms with Gasteiger partial charge in [-0.2, -0.15) is 0 Å². The van der Waals surface area contributed by atoms with Crippen LogP contribution in [0.2, 0.25) is 5.02 Å². The number of carbonyl (C=O) groups excluding carboxylic acids is 4. The van der Waals surface area contributed by atoms with Crippen LogP contribution in [0.5, 0.6) is 0 Å². The third kappa shape index (κ3) is 7.83. The number of nitrogens with zero attached hydrogens (tertiary/aromatic N) is 4. The molecular weight excluding hydrogens is 604 g/mol. The van der Waals surface area contributed by atoms with E-state index >= 15 is 0 Å². The molecule has 246 valence electrons. The Balaban J connectivity index is 1.06. The number of urea groups is 1. The maximum absolute atomic E-state index is 13.9. The molecule has 4 heterocycles. The summed E-state index contributed by atoms with van der Waals surface area (Å²) >= 11 is 6.01. The molecule has 10 nitrogen and oxygen atoms in total. The summed E-state index contributed by atoms with van der Waals surface area (Å²) in [6.07, 6.45) is 6.91. The number of rotatable bonds is 8. The summed E-state index contributed by atoms with van der Waals surface area (Å²) in [7, 11) is 0. The van der Waals surface area contributed by atoms with Crippen molar-refractivity contribution in [1.82, 2.24) is 24.9 Å². The molecule has 46 heavy (non-hydrogen) atoms. The maximum atomic E-state index is 13.9. The number of carbonyl (C=O) groups is 4. The number of benzene rings is 2. The van der Waals surface area contributed by atoms with E-state index in [-0.39, 0.29) is 42.6 Å². The van der Waals surface area contributed by atoms with Gasteiger partial charge in [-0.1, -0.05) is 48.4 Å². The number of anilines is 1. The second-order valence-corrected chi connectivity index (χ2v) is 13.5. The monoisotopic (exact) mass is 648 g/mol. The van der Waals surface area contributed by atoms with Crippen molar-refractivity contribution in [2.45, 2.75) is 82.5 Å². The minimum absolute atomic E-state index is 0.0233. The van der Waals surface area contributed by atoms with E-state index in [1.54, 1.807) is 29.2 Å². The second-order valence-electron chi connectivity index (χ2n) is 13.1. The van der Waals surface area contributed by atoms with Crippen LogP contribution in [0.4, 0.5) is 10.5 Å².